The Hall–Kier alpha value is -1.39. The normalized spacial score (nSPS) is 22.2. The summed E-state index contributed by atoms with van der Waals surface area (Å²) in [5, 5.41) is 9.45. The first-order valence-electron chi connectivity index (χ1n) is 9.80. The third-order valence-corrected chi connectivity index (χ3v) is 6.37. The monoisotopic (exact) mass is 344 g/mol. The third kappa shape index (κ3) is 4.62. The van der Waals surface area contributed by atoms with Crippen molar-refractivity contribution in [3.63, 3.8) is 0 Å². The van der Waals surface area contributed by atoms with E-state index in [9.17, 15) is 9.90 Å². The number of rotatable bonds is 6. The number of hydrogen-bond acceptors (Lipinski definition) is 3. The maximum atomic E-state index is 11.5. The molecule has 4 nitrogen and oxygen atoms in total. The predicted molar refractivity (Wildman–Crippen MR) is 101 cm³/mol. The van der Waals surface area contributed by atoms with Gasteiger partial charge < -0.3 is 5.11 Å². The van der Waals surface area contributed by atoms with E-state index in [-0.39, 0.29) is 5.54 Å². The van der Waals surface area contributed by atoms with E-state index >= 15 is 0 Å². The molecule has 1 aliphatic heterocycles. The van der Waals surface area contributed by atoms with Crippen molar-refractivity contribution in [3.05, 3.63) is 35.9 Å². The molecule has 2 aliphatic rings. The van der Waals surface area contributed by atoms with Gasteiger partial charge in [-0.2, -0.15) is 0 Å². The van der Waals surface area contributed by atoms with Crippen molar-refractivity contribution in [1.82, 2.24) is 9.80 Å². The van der Waals surface area contributed by atoms with E-state index in [0.717, 1.165) is 45.3 Å². The fourth-order valence-corrected chi connectivity index (χ4v) is 4.84. The Morgan fingerprint density at radius 1 is 1.16 bits per heavy atom. The zero-order valence-electron chi connectivity index (χ0n) is 15.5. The van der Waals surface area contributed by atoms with Gasteiger partial charge in [-0.3, -0.25) is 14.6 Å². The minimum absolute atomic E-state index is 0.115. The number of piperidine rings is 1. The van der Waals surface area contributed by atoms with Crippen LogP contribution in [0.4, 0.5) is 0 Å². The Morgan fingerprint density at radius 3 is 2.40 bits per heavy atom. The number of benzene rings is 1. The van der Waals surface area contributed by atoms with Crippen LogP contribution in [0.3, 0.4) is 0 Å². The highest BCUT2D eigenvalue weighted by molar-refractivity contribution is 5.68. The van der Waals surface area contributed by atoms with Crippen LogP contribution in [0.5, 0.6) is 0 Å². The molecule has 0 spiro atoms. The summed E-state index contributed by atoms with van der Waals surface area (Å²) in [6, 6.07) is 11.2. The molecular formula is C21H32N2O2. The van der Waals surface area contributed by atoms with Crippen LogP contribution in [-0.4, -0.2) is 52.6 Å². The van der Waals surface area contributed by atoms with Crippen LogP contribution in [-0.2, 0) is 11.3 Å². The molecule has 0 radical (unpaired) electrons. The maximum Gasteiger partial charge on any atom is 0.305 e. The molecule has 0 bridgehead atoms. The van der Waals surface area contributed by atoms with E-state index in [1.807, 2.05) is 0 Å². The molecule has 0 amide bonds. The van der Waals surface area contributed by atoms with E-state index in [4.69, 9.17) is 0 Å². The van der Waals surface area contributed by atoms with Crippen molar-refractivity contribution in [3.8, 4) is 0 Å². The molecule has 1 heterocycles. The Kier molecular flexibility index (Phi) is 6.13. The summed E-state index contributed by atoms with van der Waals surface area (Å²) in [5.74, 6) is -0.643. The second-order valence-corrected chi connectivity index (χ2v) is 7.96. The van der Waals surface area contributed by atoms with Crippen LogP contribution in [0, 0.1) is 0 Å². The largest absolute Gasteiger partial charge is 0.481 e. The summed E-state index contributed by atoms with van der Waals surface area (Å²) in [6.07, 6.45) is 8.27. The fourth-order valence-electron chi connectivity index (χ4n) is 4.84. The van der Waals surface area contributed by atoms with Crippen LogP contribution >= 0.6 is 0 Å². The molecule has 0 atom stereocenters. The zero-order chi connectivity index (χ0) is 17.7. The summed E-state index contributed by atoms with van der Waals surface area (Å²) < 4.78 is 0. The lowest BCUT2D eigenvalue weighted by molar-refractivity contribution is -0.142. The number of likely N-dealkylation sites (tertiary alicyclic amines) is 1. The van der Waals surface area contributed by atoms with Crippen LogP contribution in [0.2, 0.25) is 0 Å². The third-order valence-electron chi connectivity index (χ3n) is 6.37. The SMILES string of the molecule is CN(C1CCN(Cc2ccccc2)CC1)C1(CC(=O)O)CCCCC1. The average Bonchev–Trinajstić information content (AvgIpc) is 2.63. The summed E-state index contributed by atoms with van der Waals surface area (Å²) in [6.45, 7) is 3.23. The zero-order valence-corrected chi connectivity index (χ0v) is 15.5. The number of carbonyl (C=O) groups is 1. The van der Waals surface area contributed by atoms with E-state index in [1.54, 1.807) is 0 Å². The Bertz CT molecular complexity index is 546. The Balaban J connectivity index is 1.58. The summed E-state index contributed by atoms with van der Waals surface area (Å²) in [5.41, 5.74) is 1.26. The lowest BCUT2D eigenvalue weighted by Gasteiger charge is -2.49. The van der Waals surface area contributed by atoms with Crippen LogP contribution < -0.4 is 0 Å². The standard InChI is InChI=1S/C21H32N2O2/c1-22(21(16-20(24)25)12-6-3-7-13-21)19-10-14-23(15-11-19)17-18-8-4-2-5-9-18/h2,4-5,8-9,19H,3,6-7,10-17H2,1H3,(H,24,25). The molecule has 1 aromatic rings. The first-order valence-corrected chi connectivity index (χ1v) is 9.80. The Morgan fingerprint density at radius 2 is 1.80 bits per heavy atom. The van der Waals surface area contributed by atoms with E-state index in [1.165, 1.54) is 24.8 Å². The molecule has 1 N–H and O–H groups in total. The highest BCUT2D eigenvalue weighted by Crippen LogP contribution is 2.38. The molecule has 0 aromatic heterocycles. The molecule has 1 aromatic carbocycles. The van der Waals surface area contributed by atoms with Gasteiger partial charge in [0.1, 0.15) is 0 Å². The van der Waals surface area contributed by atoms with Crippen molar-refractivity contribution in [2.45, 2.75) is 69.5 Å². The average molecular weight is 344 g/mol. The van der Waals surface area contributed by atoms with Crippen LogP contribution in [0.15, 0.2) is 30.3 Å². The lowest BCUT2D eigenvalue weighted by Crippen LogP contribution is -2.56. The molecular weight excluding hydrogens is 312 g/mol. The smallest absolute Gasteiger partial charge is 0.305 e. The minimum atomic E-state index is -0.643. The number of carboxylic acids is 1. The summed E-state index contributed by atoms with van der Waals surface area (Å²) in [7, 11) is 2.19. The number of aliphatic carboxylic acids is 1. The number of nitrogens with zero attached hydrogens (tertiary/aromatic N) is 2. The lowest BCUT2D eigenvalue weighted by atomic mass is 9.76. The van der Waals surface area contributed by atoms with Crippen molar-refractivity contribution < 1.29 is 9.90 Å². The van der Waals surface area contributed by atoms with Gasteiger partial charge in [0.25, 0.3) is 0 Å². The summed E-state index contributed by atoms with van der Waals surface area (Å²) in [4.78, 5) is 16.5. The number of carboxylic acid groups (broad SMARTS) is 1. The number of hydrogen-bond donors (Lipinski definition) is 1. The van der Waals surface area contributed by atoms with E-state index < -0.39 is 5.97 Å². The highest BCUT2D eigenvalue weighted by atomic mass is 16.4. The van der Waals surface area contributed by atoms with Gasteiger partial charge in [-0.05, 0) is 51.4 Å². The first kappa shape index (κ1) is 18.4. The van der Waals surface area contributed by atoms with Crippen molar-refractivity contribution in [1.29, 1.82) is 0 Å². The first-order chi connectivity index (χ1) is 12.1. The molecule has 1 saturated carbocycles. The topological polar surface area (TPSA) is 43.8 Å². The molecule has 2 fully saturated rings. The van der Waals surface area contributed by atoms with Crippen molar-refractivity contribution in [2.75, 3.05) is 20.1 Å². The Labute approximate surface area is 151 Å². The molecule has 138 valence electrons. The van der Waals surface area contributed by atoms with Crippen molar-refractivity contribution >= 4 is 5.97 Å². The fraction of sp³-hybridized carbons (Fsp3) is 0.667. The second-order valence-electron chi connectivity index (χ2n) is 7.96. The molecule has 3 rings (SSSR count). The molecule has 1 saturated heterocycles. The minimum Gasteiger partial charge on any atom is -0.481 e. The van der Waals surface area contributed by atoms with Gasteiger partial charge in [0.15, 0.2) is 0 Å². The van der Waals surface area contributed by atoms with Gasteiger partial charge >= 0.3 is 5.97 Å². The molecule has 1 aliphatic carbocycles. The van der Waals surface area contributed by atoms with E-state index in [0.29, 0.717) is 12.5 Å². The van der Waals surface area contributed by atoms with Crippen molar-refractivity contribution in [2.24, 2.45) is 0 Å². The quantitative estimate of drug-likeness (QED) is 0.853. The van der Waals surface area contributed by atoms with Crippen LogP contribution in [0.25, 0.3) is 0 Å². The molecule has 4 heteroatoms. The highest BCUT2D eigenvalue weighted by Gasteiger charge is 2.41. The molecule has 0 unspecified atom stereocenters. The second kappa shape index (κ2) is 8.33. The van der Waals surface area contributed by atoms with Crippen LogP contribution in [0.1, 0.15) is 56.9 Å². The van der Waals surface area contributed by atoms with Gasteiger partial charge in [0.2, 0.25) is 0 Å². The summed E-state index contributed by atoms with van der Waals surface area (Å²) >= 11 is 0. The van der Waals surface area contributed by atoms with Gasteiger partial charge in [-0.15, -0.1) is 0 Å². The van der Waals surface area contributed by atoms with Gasteiger partial charge in [0, 0.05) is 18.1 Å². The predicted octanol–water partition coefficient (Wildman–Crippen LogP) is 3.76. The van der Waals surface area contributed by atoms with Gasteiger partial charge in [-0.25, -0.2) is 0 Å². The van der Waals surface area contributed by atoms with E-state index in [2.05, 4.69) is 47.2 Å². The maximum absolute atomic E-state index is 11.5. The van der Waals surface area contributed by atoms with Gasteiger partial charge in [0.05, 0.1) is 6.42 Å². The van der Waals surface area contributed by atoms with Gasteiger partial charge in [-0.1, -0.05) is 49.6 Å². The molecule has 25 heavy (non-hydrogen) atoms.